The first-order valence-corrected chi connectivity index (χ1v) is 10.5. The van der Waals surface area contributed by atoms with Gasteiger partial charge in [0.1, 0.15) is 11.5 Å². The maximum absolute atomic E-state index is 13.1. The van der Waals surface area contributed by atoms with E-state index in [1.54, 1.807) is 33.3 Å². The number of carbonyl (C=O) groups excluding carboxylic acids is 1. The van der Waals surface area contributed by atoms with Crippen molar-refractivity contribution in [1.82, 2.24) is 4.90 Å². The molecule has 6 nitrogen and oxygen atoms in total. The molecule has 0 spiro atoms. The first-order valence-electron chi connectivity index (χ1n) is 9.70. The van der Waals surface area contributed by atoms with Crippen LogP contribution >= 0.6 is 15.9 Å². The van der Waals surface area contributed by atoms with Crippen molar-refractivity contribution in [2.45, 2.75) is 13.5 Å². The van der Waals surface area contributed by atoms with E-state index in [0.717, 1.165) is 10.0 Å². The maximum Gasteiger partial charge on any atom is 0.232 e. The third-order valence-electron chi connectivity index (χ3n) is 5.02. The van der Waals surface area contributed by atoms with Crippen LogP contribution in [0.2, 0.25) is 0 Å². The highest BCUT2D eigenvalue weighted by Crippen LogP contribution is 2.42. The number of benzene rings is 2. The molecule has 0 bridgehead atoms. The number of Topliss-reactive ketones (excluding diaryl/α,β-unsaturated/α-hetero) is 1. The Balaban J connectivity index is 1.96. The molecular weight excluding hydrogens is 450 g/mol. The number of fused-ring (bicyclic) bond motifs is 1. The molecule has 1 N–H and O–H groups in total. The Morgan fingerprint density at radius 1 is 1.17 bits per heavy atom. The zero-order chi connectivity index (χ0) is 21.7. The highest BCUT2D eigenvalue weighted by Gasteiger charge is 2.33. The number of ketones is 1. The van der Waals surface area contributed by atoms with Crippen LogP contribution in [0.5, 0.6) is 11.5 Å². The molecular formula is C23H26BrNO5. The van der Waals surface area contributed by atoms with Gasteiger partial charge in [-0.1, -0.05) is 34.1 Å². The number of allylic oxidation sites excluding steroid dienone is 1. The number of nitrogens with zero attached hydrogens (tertiary/aromatic N) is 1. The summed E-state index contributed by atoms with van der Waals surface area (Å²) < 4.78 is 17.3. The minimum absolute atomic E-state index is 0.112. The van der Waals surface area contributed by atoms with E-state index < -0.39 is 0 Å². The van der Waals surface area contributed by atoms with Crippen LogP contribution in [0, 0.1) is 6.92 Å². The summed E-state index contributed by atoms with van der Waals surface area (Å²) in [6, 6.07) is 9.24. The van der Waals surface area contributed by atoms with Crippen molar-refractivity contribution in [2.75, 3.05) is 40.5 Å². The summed E-state index contributed by atoms with van der Waals surface area (Å²) in [5, 5.41) is 10.7. The van der Waals surface area contributed by atoms with Crippen LogP contribution in [0.4, 0.5) is 0 Å². The monoisotopic (exact) mass is 475 g/mol. The lowest BCUT2D eigenvalue weighted by molar-refractivity contribution is 0.101. The Morgan fingerprint density at radius 2 is 1.83 bits per heavy atom. The third-order valence-corrected chi connectivity index (χ3v) is 5.74. The molecule has 0 saturated heterocycles. The molecule has 0 aliphatic carbocycles. The molecule has 160 valence electrons. The van der Waals surface area contributed by atoms with Crippen LogP contribution in [0.1, 0.15) is 27.0 Å². The molecule has 2 aromatic rings. The Labute approximate surface area is 185 Å². The topological polar surface area (TPSA) is 68.2 Å². The van der Waals surface area contributed by atoms with Crippen LogP contribution in [0.15, 0.2) is 40.6 Å². The van der Waals surface area contributed by atoms with Crippen molar-refractivity contribution in [3.63, 3.8) is 0 Å². The van der Waals surface area contributed by atoms with Gasteiger partial charge in [0.2, 0.25) is 5.78 Å². The average molecular weight is 476 g/mol. The maximum atomic E-state index is 13.1. The van der Waals surface area contributed by atoms with Crippen molar-refractivity contribution in [3.8, 4) is 11.5 Å². The highest BCUT2D eigenvalue weighted by molar-refractivity contribution is 9.10. The van der Waals surface area contributed by atoms with Gasteiger partial charge in [-0.25, -0.2) is 0 Å². The van der Waals surface area contributed by atoms with Gasteiger partial charge in [0.15, 0.2) is 5.76 Å². The smallest absolute Gasteiger partial charge is 0.232 e. The molecule has 30 heavy (non-hydrogen) atoms. The lowest BCUT2D eigenvalue weighted by Gasteiger charge is -2.23. The summed E-state index contributed by atoms with van der Waals surface area (Å²) in [6.45, 7) is 4.64. The second kappa shape index (κ2) is 10.2. The minimum Gasteiger partial charge on any atom is -0.507 e. The SMILES string of the molecule is COCCN(CCOC)Cc1c(O)cc(C)c2c1O/C(=C/c1ccccc1Br)C2=O. The van der Waals surface area contributed by atoms with Crippen molar-refractivity contribution in [3.05, 3.63) is 62.8 Å². The fourth-order valence-electron chi connectivity index (χ4n) is 3.40. The Hall–Kier alpha value is -2.19. The van der Waals surface area contributed by atoms with Gasteiger partial charge in [-0.2, -0.15) is 0 Å². The van der Waals surface area contributed by atoms with Gasteiger partial charge in [0.05, 0.1) is 24.3 Å². The summed E-state index contributed by atoms with van der Waals surface area (Å²) >= 11 is 3.50. The lowest BCUT2D eigenvalue weighted by Crippen LogP contribution is -2.30. The van der Waals surface area contributed by atoms with Crippen molar-refractivity contribution in [2.24, 2.45) is 0 Å². The van der Waals surface area contributed by atoms with E-state index in [-0.39, 0.29) is 17.3 Å². The van der Waals surface area contributed by atoms with Crippen LogP contribution in [-0.4, -0.2) is 56.3 Å². The average Bonchev–Trinajstić information content (AvgIpc) is 3.05. The first-order chi connectivity index (χ1) is 14.5. The number of methoxy groups -OCH3 is 2. The molecule has 1 aliphatic heterocycles. The minimum atomic E-state index is -0.181. The molecule has 2 aromatic carbocycles. The molecule has 7 heteroatoms. The Kier molecular flexibility index (Phi) is 7.66. The molecule has 1 aliphatic rings. The van der Waals surface area contributed by atoms with Gasteiger partial charge < -0.3 is 19.3 Å². The zero-order valence-corrected chi connectivity index (χ0v) is 19.0. The number of phenols is 1. The molecule has 0 radical (unpaired) electrons. The molecule has 3 rings (SSSR count). The Morgan fingerprint density at radius 3 is 2.47 bits per heavy atom. The van der Waals surface area contributed by atoms with Gasteiger partial charge in [-0.15, -0.1) is 0 Å². The molecule has 0 saturated carbocycles. The third kappa shape index (κ3) is 4.92. The number of hydrogen-bond acceptors (Lipinski definition) is 6. The fraction of sp³-hybridized carbons (Fsp3) is 0.348. The van der Waals surface area contributed by atoms with Crippen molar-refractivity contribution in [1.29, 1.82) is 0 Å². The highest BCUT2D eigenvalue weighted by atomic mass is 79.9. The lowest BCUT2D eigenvalue weighted by atomic mass is 9.99. The van der Waals surface area contributed by atoms with Crippen LogP contribution in [0.25, 0.3) is 6.08 Å². The number of aromatic hydroxyl groups is 1. The van der Waals surface area contributed by atoms with Gasteiger partial charge in [0, 0.05) is 38.3 Å². The quantitative estimate of drug-likeness (QED) is 0.548. The number of aryl methyl sites for hydroxylation is 1. The fourth-order valence-corrected chi connectivity index (χ4v) is 3.80. The summed E-state index contributed by atoms with van der Waals surface area (Å²) in [6.07, 6.45) is 1.72. The summed E-state index contributed by atoms with van der Waals surface area (Å²) in [4.78, 5) is 15.2. The number of rotatable bonds is 9. The number of ether oxygens (including phenoxy) is 3. The second-order valence-corrected chi connectivity index (χ2v) is 7.97. The van der Waals surface area contributed by atoms with E-state index in [0.29, 0.717) is 55.3 Å². The predicted octanol–water partition coefficient (Wildman–Crippen LogP) is 4.17. The summed E-state index contributed by atoms with van der Waals surface area (Å²) in [5.41, 5.74) is 2.62. The van der Waals surface area contributed by atoms with Gasteiger partial charge in [-0.05, 0) is 36.3 Å². The van der Waals surface area contributed by atoms with Gasteiger partial charge in [-0.3, -0.25) is 9.69 Å². The van der Waals surface area contributed by atoms with Crippen LogP contribution in [0.3, 0.4) is 0 Å². The molecule has 0 atom stereocenters. The van der Waals surface area contributed by atoms with E-state index in [9.17, 15) is 9.90 Å². The molecule has 0 unspecified atom stereocenters. The normalized spacial score (nSPS) is 14.4. The van der Waals surface area contributed by atoms with Crippen molar-refractivity contribution < 1.29 is 24.1 Å². The molecule has 0 fully saturated rings. The van der Waals surface area contributed by atoms with Gasteiger partial charge in [0.25, 0.3) is 0 Å². The number of phenolic OH excluding ortho intramolecular Hbond substituents is 1. The zero-order valence-electron chi connectivity index (χ0n) is 17.4. The predicted molar refractivity (Wildman–Crippen MR) is 119 cm³/mol. The number of hydrogen-bond donors (Lipinski definition) is 1. The number of halogens is 1. The largest absolute Gasteiger partial charge is 0.507 e. The van der Waals surface area contributed by atoms with Crippen LogP contribution in [-0.2, 0) is 16.0 Å². The van der Waals surface area contributed by atoms with E-state index in [1.807, 2.05) is 24.3 Å². The molecule has 0 aromatic heterocycles. The Bertz CT molecular complexity index is 949. The van der Waals surface area contributed by atoms with Crippen LogP contribution < -0.4 is 4.74 Å². The summed E-state index contributed by atoms with van der Waals surface area (Å²) in [5.74, 6) is 0.601. The first kappa shape index (κ1) is 22.5. The standard InChI is InChI=1S/C23H26BrNO5/c1-15-12-19(26)17(14-25(8-10-28-2)9-11-29-3)23-21(15)22(27)20(30-23)13-16-6-4-5-7-18(16)24/h4-7,12-13,26H,8-11,14H2,1-3H3/b20-13+. The number of carbonyl (C=O) groups is 1. The van der Waals surface area contributed by atoms with E-state index >= 15 is 0 Å². The van der Waals surface area contributed by atoms with Gasteiger partial charge >= 0.3 is 0 Å². The van der Waals surface area contributed by atoms with E-state index in [2.05, 4.69) is 20.8 Å². The molecule has 1 heterocycles. The second-order valence-electron chi connectivity index (χ2n) is 7.12. The molecule has 0 amide bonds. The summed E-state index contributed by atoms with van der Waals surface area (Å²) in [7, 11) is 3.30. The van der Waals surface area contributed by atoms with Crippen molar-refractivity contribution >= 4 is 27.8 Å². The van der Waals surface area contributed by atoms with E-state index in [1.165, 1.54) is 0 Å². The van der Waals surface area contributed by atoms with E-state index in [4.69, 9.17) is 14.2 Å².